The van der Waals surface area contributed by atoms with Gasteiger partial charge in [-0.05, 0) is 18.6 Å². The Kier molecular flexibility index (Phi) is 3.01. The Morgan fingerprint density at radius 2 is 2.25 bits per heavy atom. The molecule has 4 heteroatoms. The fourth-order valence-corrected chi connectivity index (χ4v) is 1.70. The summed E-state index contributed by atoms with van der Waals surface area (Å²) >= 11 is 0. The molecule has 2 aromatic rings. The van der Waals surface area contributed by atoms with Gasteiger partial charge in [0.1, 0.15) is 5.82 Å². The van der Waals surface area contributed by atoms with Crippen LogP contribution in [0.5, 0.6) is 0 Å². The Labute approximate surface area is 94.6 Å². The molecule has 2 aromatic heterocycles. The smallest absolute Gasteiger partial charge is 0.111 e. The van der Waals surface area contributed by atoms with Crippen LogP contribution in [0.15, 0.2) is 30.9 Å². The third-order valence-electron chi connectivity index (χ3n) is 2.74. The summed E-state index contributed by atoms with van der Waals surface area (Å²) in [4.78, 5) is 8.22. The standard InChI is InChI=1S/C12H15N3O/c1-9-3-4-13-8-10(9)11(16)7-12-14-5-6-15(12)2/h3-6,8,11,16H,7H2,1-2H3. The van der Waals surface area contributed by atoms with E-state index in [1.807, 2.05) is 30.8 Å². The molecule has 4 nitrogen and oxygen atoms in total. The number of imidazole rings is 1. The van der Waals surface area contributed by atoms with E-state index in [-0.39, 0.29) is 0 Å². The Morgan fingerprint density at radius 1 is 1.44 bits per heavy atom. The molecular weight excluding hydrogens is 202 g/mol. The topological polar surface area (TPSA) is 50.9 Å². The minimum absolute atomic E-state index is 0.510. The second-order valence-electron chi connectivity index (χ2n) is 3.91. The Bertz CT molecular complexity index is 479. The van der Waals surface area contributed by atoms with Crippen molar-refractivity contribution in [3.8, 4) is 0 Å². The number of hydrogen-bond acceptors (Lipinski definition) is 3. The maximum Gasteiger partial charge on any atom is 0.111 e. The predicted octanol–water partition coefficient (Wildman–Crippen LogP) is 1.40. The number of aryl methyl sites for hydroxylation is 2. The van der Waals surface area contributed by atoms with E-state index < -0.39 is 6.10 Å². The molecule has 0 spiro atoms. The lowest BCUT2D eigenvalue weighted by Crippen LogP contribution is -2.08. The van der Waals surface area contributed by atoms with Gasteiger partial charge in [0.25, 0.3) is 0 Å². The van der Waals surface area contributed by atoms with Gasteiger partial charge in [0.15, 0.2) is 0 Å². The molecule has 0 fully saturated rings. The fraction of sp³-hybridized carbons (Fsp3) is 0.333. The van der Waals surface area contributed by atoms with Crippen molar-refractivity contribution in [1.29, 1.82) is 0 Å². The predicted molar refractivity (Wildman–Crippen MR) is 60.8 cm³/mol. The van der Waals surface area contributed by atoms with Crippen LogP contribution in [0.2, 0.25) is 0 Å². The average molecular weight is 217 g/mol. The first-order valence-corrected chi connectivity index (χ1v) is 5.23. The lowest BCUT2D eigenvalue weighted by molar-refractivity contribution is 0.173. The van der Waals surface area contributed by atoms with E-state index in [1.165, 1.54) is 0 Å². The van der Waals surface area contributed by atoms with E-state index in [4.69, 9.17) is 0 Å². The molecule has 2 heterocycles. The number of aliphatic hydroxyl groups is 1. The molecule has 0 aliphatic carbocycles. The summed E-state index contributed by atoms with van der Waals surface area (Å²) in [5, 5.41) is 10.1. The highest BCUT2D eigenvalue weighted by atomic mass is 16.3. The van der Waals surface area contributed by atoms with Gasteiger partial charge >= 0.3 is 0 Å². The van der Waals surface area contributed by atoms with Gasteiger partial charge in [0.05, 0.1) is 6.10 Å². The van der Waals surface area contributed by atoms with Gasteiger partial charge in [0.2, 0.25) is 0 Å². The van der Waals surface area contributed by atoms with Crippen molar-refractivity contribution in [2.75, 3.05) is 0 Å². The van der Waals surface area contributed by atoms with Crippen LogP contribution >= 0.6 is 0 Å². The molecular formula is C12H15N3O. The highest BCUT2D eigenvalue weighted by Crippen LogP contribution is 2.19. The van der Waals surface area contributed by atoms with Crippen molar-refractivity contribution < 1.29 is 5.11 Å². The average Bonchev–Trinajstić information content (AvgIpc) is 2.65. The van der Waals surface area contributed by atoms with Crippen LogP contribution in [-0.2, 0) is 13.5 Å². The van der Waals surface area contributed by atoms with Crippen molar-refractivity contribution in [2.24, 2.45) is 7.05 Å². The summed E-state index contributed by atoms with van der Waals surface area (Å²) in [6.45, 7) is 1.97. The zero-order chi connectivity index (χ0) is 11.5. The monoisotopic (exact) mass is 217 g/mol. The summed E-state index contributed by atoms with van der Waals surface area (Å²) in [6, 6.07) is 1.90. The third-order valence-corrected chi connectivity index (χ3v) is 2.74. The van der Waals surface area contributed by atoms with Crippen molar-refractivity contribution >= 4 is 0 Å². The largest absolute Gasteiger partial charge is 0.388 e. The Morgan fingerprint density at radius 3 is 2.88 bits per heavy atom. The molecule has 2 rings (SSSR count). The number of rotatable bonds is 3. The molecule has 0 radical (unpaired) electrons. The van der Waals surface area contributed by atoms with Gasteiger partial charge in [-0.3, -0.25) is 4.98 Å². The Balaban J connectivity index is 2.18. The van der Waals surface area contributed by atoms with Gasteiger partial charge in [-0.25, -0.2) is 4.98 Å². The molecule has 16 heavy (non-hydrogen) atoms. The molecule has 0 aromatic carbocycles. The van der Waals surface area contributed by atoms with E-state index in [0.717, 1.165) is 17.0 Å². The highest BCUT2D eigenvalue weighted by Gasteiger charge is 2.13. The van der Waals surface area contributed by atoms with Gasteiger partial charge in [-0.15, -0.1) is 0 Å². The first kappa shape index (κ1) is 10.8. The van der Waals surface area contributed by atoms with Crippen LogP contribution in [0.1, 0.15) is 23.1 Å². The maximum atomic E-state index is 10.1. The molecule has 1 atom stereocenters. The summed E-state index contributed by atoms with van der Waals surface area (Å²) < 4.78 is 1.91. The first-order chi connectivity index (χ1) is 7.68. The highest BCUT2D eigenvalue weighted by molar-refractivity contribution is 5.24. The van der Waals surface area contributed by atoms with E-state index in [2.05, 4.69) is 9.97 Å². The van der Waals surface area contributed by atoms with Crippen molar-refractivity contribution in [2.45, 2.75) is 19.4 Å². The number of nitrogens with zero attached hydrogens (tertiary/aromatic N) is 3. The third kappa shape index (κ3) is 2.12. The van der Waals surface area contributed by atoms with Gasteiger partial charge in [-0.1, -0.05) is 0 Å². The number of pyridine rings is 1. The van der Waals surface area contributed by atoms with Crippen molar-refractivity contribution in [3.63, 3.8) is 0 Å². The molecule has 0 aliphatic heterocycles. The van der Waals surface area contributed by atoms with Gasteiger partial charge in [0, 0.05) is 43.8 Å². The van der Waals surface area contributed by atoms with Crippen LogP contribution in [-0.4, -0.2) is 19.6 Å². The molecule has 1 unspecified atom stereocenters. The summed E-state index contributed by atoms with van der Waals surface area (Å²) in [5.74, 6) is 0.871. The molecule has 0 aliphatic rings. The zero-order valence-corrected chi connectivity index (χ0v) is 9.46. The normalized spacial score (nSPS) is 12.7. The van der Waals surface area contributed by atoms with E-state index in [9.17, 15) is 5.11 Å². The van der Waals surface area contributed by atoms with Gasteiger partial charge < -0.3 is 9.67 Å². The summed E-state index contributed by atoms with van der Waals surface area (Å²) in [6.07, 6.45) is 7.01. The Hall–Kier alpha value is -1.68. The minimum atomic E-state index is -0.546. The first-order valence-electron chi connectivity index (χ1n) is 5.23. The lowest BCUT2D eigenvalue weighted by atomic mass is 10.0. The molecule has 0 saturated carbocycles. The van der Waals surface area contributed by atoms with Gasteiger partial charge in [-0.2, -0.15) is 0 Å². The maximum absolute atomic E-state index is 10.1. The zero-order valence-electron chi connectivity index (χ0n) is 9.46. The number of aromatic nitrogens is 3. The number of hydrogen-bond donors (Lipinski definition) is 1. The van der Waals surface area contributed by atoms with Crippen molar-refractivity contribution in [1.82, 2.24) is 14.5 Å². The molecule has 0 bridgehead atoms. The second kappa shape index (κ2) is 4.45. The van der Waals surface area contributed by atoms with E-state index in [0.29, 0.717) is 6.42 Å². The number of aliphatic hydroxyl groups excluding tert-OH is 1. The lowest BCUT2D eigenvalue weighted by Gasteiger charge is -2.12. The quantitative estimate of drug-likeness (QED) is 0.845. The molecule has 0 saturated heterocycles. The minimum Gasteiger partial charge on any atom is -0.388 e. The molecule has 84 valence electrons. The summed E-state index contributed by atoms with van der Waals surface area (Å²) in [5.41, 5.74) is 1.92. The SMILES string of the molecule is Cc1ccncc1C(O)Cc1nccn1C. The van der Waals surface area contributed by atoms with Crippen LogP contribution < -0.4 is 0 Å². The van der Waals surface area contributed by atoms with Crippen LogP contribution in [0.3, 0.4) is 0 Å². The van der Waals surface area contributed by atoms with E-state index in [1.54, 1.807) is 18.6 Å². The fourth-order valence-electron chi connectivity index (χ4n) is 1.70. The summed E-state index contributed by atoms with van der Waals surface area (Å²) in [7, 11) is 1.92. The second-order valence-corrected chi connectivity index (χ2v) is 3.91. The molecule has 1 N–H and O–H groups in total. The van der Waals surface area contributed by atoms with Crippen LogP contribution in [0.4, 0.5) is 0 Å². The van der Waals surface area contributed by atoms with E-state index >= 15 is 0 Å². The molecule has 0 amide bonds. The van der Waals surface area contributed by atoms with Crippen molar-refractivity contribution in [3.05, 3.63) is 47.8 Å². The van der Waals surface area contributed by atoms with Crippen LogP contribution in [0.25, 0.3) is 0 Å². The van der Waals surface area contributed by atoms with Crippen LogP contribution in [0, 0.1) is 6.92 Å².